The maximum atomic E-state index is 11.1. The van der Waals surface area contributed by atoms with Crippen molar-refractivity contribution in [3.05, 3.63) is 188 Å². The van der Waals surface area contributed by atoms with Crippen LogP contribution in [0.4, 0.5) is 5.69 Å². The summed E-state index contributed by atoms with van der Waals surface area (Å²) in [6.45, 7) is 9.02. The van der Waals surface area contributed by atoms with Crippen LogP contribution in [0.25, 0.3) is 66.0 Å². The zero-order chi connectivity index (χ0) is 43.4. The largest absolute Gasteiger partial charge is 0.503 e. The summed E-state index contributed by atoms with van der Waals surface area (Å²) in [6.07, 6.45) is 20.6. The third-order valence-corrected chi connectivity index (χ3v) is 13.0. The van der Waals surface area contributed by atoms with Crippen molar-refractivity contribution in [2.75, 3.05) is 11.4 Å². The Hall–Kier alpha value is -7.75. The Morgan fingerprint density at radius 3 is 2.05 bits per heavy atom. The lowest BCUT2D eigenvalue weighted by Gasteiger charge is -2.30. The van der Waals surface area contributed by atoms with Gasteiger partial charge < -0.3 is 39.6 Å². The van der Waals surface area contributed by atoms with Gasteiger partial charge in [-0.15, -0.1) is 0 Å². The van der Waals surface area contributed by atoms with Crippen molar-refractivity contribution in [2.45, 2.75) is 23.8 Å². The predicted octanol–water partition coefficient (Wildman–Crippen LogP) is 13.3. The van der Waals surface area contributed by atoms with Gasteiger partial charge in [0, 0.05) is 49.9 Å². The molecule has 2 aliphatic rings. The number of aromatic nitrogens is 2. The summed E-state index contributed by atoms with van der Waals surface area (Å²) in [5, 5.41) is 59.7. The maximum Gasteiger partial charge on any atom is 0.208 e. The van der Waals surface area contributed by atoms with Crippen LogP contribution in [0.15, 0.2) is 187 Å². The zero-order valence-corrected chi connectivity index (χ0v) is 35.0. The highest BCUT2D eigenvalue weighted by Crippen LogP contribution is 2.54. The van der Waals surface area contributed by atoms with Crippen LogP contribution in [0.5, 0.6) is 28.7 Å². The minimum atomic E-state index is -1.01. The first-order chi connectivity index (χ1) is 30.8. The second-order valence-corrected chi connectivity index (χ2v) is 16.6. The minimum Gasteiger partial charge on any atom is -0.503 e. The molecule has 0 saturated carbocycles. The molecule has 63 heavy (non-hydrogen) atoms. The molecule has 0 fully saturated rings. The zero-order valence-electron chi connectivity index (χ0n) is 34.2. The summed E-state index contributed by atoms with van der Waals surface area (Å²) in [4.78, 5) is 3.56. The smallest absolute Gasteiger partial charge is 0.208 e. The van der Waals surface area contributed by atoms with Gasteiger partial charge in [-0.3, -0.25) is 0 Å². The lowest BCUT2D eigenvalue weighted by Crippen LogP contribution is -2.24. The third kappa shape index (κ3) is 6.47. The summed E-state index contributed by atoms with van der Waals surface area (Å²) in [7, 11) is 0. The first-order valence-corrected chi connectivity index (χ1v) is 21.6. The van der Waals surface area contributed by atoms with Gasteiger partial charge in [-0.25, -0.2) is 0 Å². The van der Waals surface area contributed by atoms with Gasteiger partial charge in [-0.2, -0.15) is 0 Å². The molecule has 2 aromatic heterocycles. The maximum absolute atomic E-state index is 11.1. The normalized spacial score (nSPS) is 16.1. The molecule has 1 aliphatic heterocycles. The van der Waals surface area contributed by atoms with E-state index < -0.39 is 28.7 Å². The van der Waals surface area contributed by atoms with Crippen LogP contribution in [-0.2, 0) is 0 Å². The van der Waals surface area contributed by atoms with Crippen LogP contribution in [0.2, 0.25) is 0 Å². The van der Waals surface area contributed by atoms with Crippen molar-refractivity contribution in [3.8, 4) is 45.6 Å². The molecule has 6 aromatic carbocycles. The molecule has 0 radical (unpaired) electrons. The molecular weight excluding hydrogens is 803 g/mol. The number of aromatic hydroxyl groups is 5. The van der Waals surface area contributed by atoms with Crippen LogP contribution in [0, 0.1) is 0 Å². The van der Waals surface area contributed by atoms with Crippen LogP contribution in [0.1, 0.15) is 24.4 Å². The molecule has 8 aromatic rings. The molecule has 9 heteroatoms. The number of allylic oxidation sites excluding steroid dienone is 9. The first-order valence-electron chi connectivity index (χ1n) is 20.8. The summed E-state index contributed by atoms with van der Waals surface area (Å²) in [5.74, 6) is -4.40. The van der Waals surface area contributed by atoms with Crippen molar-refractivity contribution in [2.24, 2.45) is 0 Å². The molecule has 10 rings (SSSR count). The number of anilines is 1. The molecule has 1 aliphatic carbocycles. The molecule has 310 valence electrons. The second-order valence-electron chi connectivity index (χ2n) is 15.6. The van der Waals surface area contributed by atoms with E-state index in [9.17, 15) is 25.5 Å². The fraction of sp³-hybridized carbons (Fsp3) is 0.0741. The molecule has 8 nitrogen and oxygen atoms in total. The molecular formula is C54H43N3O5S. The van der Waals surface area contributed by atoms with Crippen molar-refractivity contribution in [1.29, 1.82) is 0 Å². The van der Waals surface area contributed by atoms with E-state index in [1.807, 2.05) is 60.7 Å². The first kappa shape index (κ1) is 39.4. The number of phenolic OH excluding ortho intramolecular Hbond substituents is 5. The fourth-order valence-electron chi connectivity index (χ4n) is 9.25. The van der Waals surface area contributed by atoms with E-state index >= 15 is 0 Å². The monoisotopic (exact) mass is 845 g/mol. The quantitative estimate of drug-likeness (QED) is 0.0558. The van der Waals surface area contributed by atoms with Crippen molar-refractivity contribution in [1.82, 2.24) is 9.13 Å². The Morgan fingerprint density at radius 2 is 1.33 bits per heavy atom. The van der Waals surface area contributed by atoms with Gasteiger partial charge in [0.15, 0.2) is 11.5 Å². The van der Waals surface area contributed by atoms with E-state index in [1.54, 1.807) is 16.3 Å². The Kier molecular flexibility index (Phi) is 9.96. The number of hydrogen-bond acceptors (Lipinski definition) is 7. The minimum absolute atomic E-state index is 0.0244. The van der Waals surface area contributed by atoms with Gasteiger partial charge in [0.05, 0.1) is 22.6 Å². The summed E-state index contributed by atoms with van der Waals surface area (Å²) < 4.78 is 4.04. The average molecular weight is 846 g/mol. The Balaban J connectivity index is 1.09. The van der Waals surface area contributed by atoms with E-state index in [4.69, 9.17) is 0 Å². The topological polar surface area (TPSA) is 114 Å². The number of hydrogen-bond donors (Lipinski definition) is 5. The number of fused-ring (bicyclic) bond motifs is 7. The number of benzene rings is 6. The standard InChI is InChI=1S/C54H43N3O5S/c1-3-4-5-11-30-55(36-28-29-46-41(32-36)33(2)15-10-12-31-63-46)34-24-26-35(27-25-34)56-42-20-8-6-16-39(42)47-37(18-13-22-44(47)56)38-19-14-23-45-48(38)40-17-7-9-21-43(40)57(45)49-50(58)52(60)54(62)53(61)51(49)59/h3-10,12-26,28-29,31-32,35,58-62H,1-2,11,27,30H2/b5-4-,15-10-,31-12-. The van der Waals surface area contributed by atoms with Gasteiger partial charge in [0.25, 0.3) is 0 Å². The lowest BCUT2D eigenvalue weighted by atomic mass is 9.95. The summed E-state index contributed by atoms with van der Waals surface area (Å²) >= 11 is 1.70. The number of rotatable bonds is 9. The molecule has 1 atom stereocenters. The number of nitrogens with zero attached hydrogens (tertiary/aromatic N) is 3. The number of phenols is 5. The van der Waals surface area contributed by atoms with E-state index in [2.05, 4.69) is 125 Å². The summed E-state index contributed by atoms with van der Waals surface area (Å²) in [6, 6.07) is 35.0. The Labute approximate surface area is 368 Å². The SMILES string of the molecule is C=C/C=C\CCN(C1=CCC(n2c3ccccc3c3c(-c4cccc5c4c4ccccc4n5-c4c(O)c(O)c(O)c(O)c4O)cccc32)C=C1)c1ccc2c(c1)C(=C)/C=C\C=C/S2. The van der Waals surface area contributed by atoms with Crippen LogP contribution in [-0.4, -0.2) is 41.2 Å². The van der Waals surface area contributed by atoms with Crippen molar-refractivity contribution >= 4 is 66.6 Å². The van der Waals surface area contributed by atoms with Gasteiger partial charge >= 0.3 is 0 Å². The van der Waals surface area contributed by atoms with E-state index in [1.165, 1.54) is 4.90 Å². The highest BCUT2D eigenvalue weighted by atomic mass is 32.2. The second kappa shape index (κ2) is 15.9. The molecule has 3 heterocycles. The molecule has 0 saturated heterocycles. The summed E-state index contributed by atoms with van der Waals surface area (Å²) in [5.41, 5.74) is 9.44. The number of thioether (sulfide) groups is 1. The van der Waals surface area contributed by atoms with Crippen LogP contribution in [0.3, 0.4) is 0 Å². The highest BCUT2D eigenvalue weighted by Gasteiger charge is 2.29. The highest BCUT2D eigenvalue weighted by molar-refractivity contribution is 8.02. The van der Waals surface area contributed by atoms with E-state index in [-0.39, 0.29) is 11.7 Å². The third-order valence-electron chi connectivity index (χ3n) is 12.1. The van der Waals surface area contributed by atoms with E-state index in [0.29, 0.717) is 11.0 Å². The van der Waals surface area contributed by atoms with Gasteiger partial charge in [-0.05, 0) is 89.1 Å². The Morgan fingerprint density at radius 1 is 0.683 bits per heavy atom. The molecule has 0 bridgehead atoms. The van der Waals surface area contributed by atoms with Gasteiger partial charge in [0.1, 0.15) is 5.69 Å². The number of para-hydroxylation sites is 2. The van der Waals surface area contributed by atoms with Crippen LogP contribution < -0.4 is 4.90 Å². The van der Waals surface area contributed by atoms with Crippen molar-refractivity contribution < 1.29 is 25.5 Å². The molecule has 1 unspecified atom stereocenters. The molecule has 0 spiro atoms. The van der Waals surface area contributed by atoms with Crippen LogP contribution >= 0.6 is 11.8 Å². The Bertz CT molecular complexity index is 3330. The average Bonchev–Trinajstić information content (AvgIpc) is 3.83. The molecule has 0 amide bonds. The predicted molar refractivity (Wildman–Crippen MR) is 259 cm³/mol. The van der Waals surface area contributed by atoms with Gasteiger partial charge in [0.2, 0.25) is 17.2 Å². The lowest BCUT2D eigenvalue weighted by molar-refractivity contribution is 0.327. The van der Waals surface area contributed by atoms with Crippen molar-refractivity contribution in [3.63, 3.8) is 0 Å². The van der Waals surface area contributed by atoms with Gasteiger partial charge in [-0.1, -0.05) is 134 Å². The fourth-order valence-corrected chi connectivity index (χ4v) is 10.0. The molecule has 5 N–H and O–H groups in total. The van der Waals surface area contributed by atoms with E-state index in [0.717, 1.165) is 85.6 Å².